The summed E-state index contributed by atoms with van der Waals surface area (Å²) >= 11 is 0. The van der Waals surface area contributed by atoms with Crippen LogP contribution >= 0.6 is 7.60 Å². The minimum atomic E-state index is -3.48. The van der Waals surface area contributed by atoms with E-state index in [9.17, 15) is 19.9 Å². The first-order chi connectivity index (χ1) is 10.3. The number of nitrogens with one attached hydrogen (secondary N) is 1. The molecule has 10 heteroatoms. The Morgan fingerprint density at radius 3 is 2.14 bits per heavy atom. The van der Waals surface area contributed by atoms with Crippen LogP contribution in [-0.4, -0.2) is 76.7 Å². The first-order valence-electron chi connectivity index (χ1n) is 7.26. The van der Waals surface area contributed by atoms with Crippen LogP contribution in [0.1, 0.15) is 20.8 Å². The summed E-state index contributed by atoms with van der Waals surface area (Å²) in [5, 5.41) is 41.2. The largest absolute Gasteiger partial charge is 0.394 e. The Bertz CT molecular complexity index is 372. The van der Waals surface area contributed by atoms with Gasteiger partial charge in [0, 0.05) is 0 Å². The highest BCUT2D eigenvalue weighted by Crippen LogP contribution is 2.52. The standard InChI is InChI=1S/C12H26NO8P/c1-4-19-22(18,20-5-2)7(3)13-12-11(17)10(16)9(15)8(6-14)21-12/h7-17H,4-6H2,1-3H3/t7?,8-,9+,10+,11-,12-/m1/s1. The highest BCUT2D eigenvalue weighted by Gasteiger charge is 2.45. The summed E-state index contributed by atoms with van der Waals surface area (Å²) in [6.45, 7) is 4.70. The van der Waals surface area contributed by atoms with E-state index in [4.69, 9.17) is 18.9 Å². The minimum absolute atomic E-state index is 0.179. The van der Waals surface area contributed by atoms with E-state index in [1.165, 1.54) is 6.92 Å². The van der Waals surface area contributed by atoms with E-state index < -0.39 is 50.6 Å². The molecular weight excluding hydrogens is 317 g/mol. The van der Waals surface area contributed by atoms with Gasteiger partial charge in [-0.25, -0.2) is 0 Å². The molecule has 9 nitrogen and oxygen atoms in total. The number of aliphatic hydroxyl groups is 4. The maximum absolute atomic E-state index is 12.6. The Labute approximate surface area is 129 Å². The lowest BCUT2D eigenvalue weighted by atomic mass is 9.98. The highest BCUT2D eigenvalue weighted by atomic mass is 31.2. The third-order valence-corrected chi connectivity index (χ3v) is 5.72. The molecule has 0 aromatic heterocycles. The first-order valence-corrected chi connectivity index (χ1v) is 8.87. The molecule has 1 aliphatic heterocycles. The van der Waals surface area contributed by atoms with Crippen LogP contribution in [0.5, 0.6) is 0 Å². The summed E-state index contributed by atoms with van der Waals surface area (Å²) < 4.78 is 28.2. The van der Waals surface area contributed by atoms with Crippen LogP contribution in [-0.2, 0) is 18.3 Å². The Kier molecular flexibility index (Phi) is 7.87. The maximum Gasteiger partial charge on any atom is 0.347 e. The van der Waals surface area contributed by atoms with Crippen molar-refractivity contribution in [3.8, 4) is 0 Å². The van der Waals surface area contributed by atoms with Crippen molar-refractivity contribution in [2.24, 2.45) is 0 Å². The lowest BCUT2D eigenvalue weighted by Gasteiger charge is -2.41. The van der Waals surface area contributed by atoms with Crippen LogP contribution in [0.15, 0.2) is 0 Å². The zero-order chi connectivity index (χ0) is 16.9. The van der Waals surface area contributed by atoms with Gasteiger partial charge in [-0.3, -0.25) is 9.88 Å². The summed E-state index contributed by atoms with van der Waals surface area (Å²) in [4.78, 5) is 0. The van der Waals surface area contributed by atoms with Gasteiger partial charge in [-0.1, -0.05) is 0 Å². The number of rotatable bonds is 8. The van der Waals surface area contributed by atoms with E-state index in [0.29, 0.717) is 0 Å². The van der Waals surface area contributed by atoms with Crippen molar-refractivity contribution in [1.29, 1.82) is 0 Å². The molecule has 0 saturated carbocycles. The van der Waals surface area contributed by atoms with Crippen molar-refractivity contribution in [1.82, 2.24) is 5.32 Å². The van der Waals surface area contributed by atoms with Crippen molar-refractivity contribution in [2.45, 2.75) is 57.2 Å². The average Bonchev–Trinajstić information content (AvgIpc) is 2.48. The van der Waals surface area contributed by atoms with Gasteiger partial charge in [0.05, 0.1) is 19.8 Å². The van der Waals surface area contributed by atoms with Gasteiger partial charge in [0.15, 0.2) is 0 Å². The molecular formula is C12H26NO8P. The van der Waals surface area contributed by atoms with Crippen LogP contribution in [0.4, 0.5) is 0 Å². The minimum Gasteiger partial charge on any atom is -0.394 e. The van der Waals surface area contributed by atoms with E-state index in [0.717, 1.165) is 0 Å². The summed E-state index contributed by atoms with van der Waals surface area (Å²) in [6.07, 6.45) is -6.59. The van der Waals surface area contributed by atoms with Gasteiger partial charge in [-0.05, 0) is 20.8 Å². The van der Waals surface area contributed by atoms with E-state index in [2.05, 4.69) is 5.32 Å². The predicted molar refractivity (Wildman–Crippen MR) is 77.2 cm³/mol. The molecule has 0 amide bonds. The normalized spacial score (nSPS) is 34.6. The molecule has 5 N–H and O–H groups in total. The van der Waals surface area contributed by atoms with Crippen LogP contribution in [0.3, 0.4) is 0 Å². The molecule has 1 fully saturated rings. The van der Waals surface area contributed by atoms with E-state index >= 15 is 0 Å². The molecule has 1 unspecified atom stereocenters. The maximum atomic E-state index is 12.6. The third kappa shape index (κ3) is 4.47. The van der Waals surface area contributed by atoms with Gasteiger partial charge < -0.3 is 34.2 Å². The molecule has 1 saturated heterocycles. The van der Waals surface area contributed by atoms with E-state index in [1.807, 2.05) is 0 Å². The van der Waals surface area contributed by atoms with Crippen molar-refractivity contribution >= 4 is 7.60 Å². The van der Waals surface area contributed by atoms with Crippen molar-refractivity contribution < 1.29 is 38.8 Å². The molecule has 6 atom stereocenters. The average molecular weight is 343 g/mol. The van der Waals surface area contributed by atoms with Gasteiger partial charge in [0.25, 0.3) is 0 Å². The van der Waals surface area contributed by atoms with E-state index in [-0.39, 0.29) is 13.2 Å². The zero-order valence-corrected chi connectivity index (χ0v) is 13.8. The van der Waals surface area contributed by atoms with Gasteiger partial charge in [-0.2, -0.15) is 0 Å². The summed E-state index contributed by atoms with van der Waals surface area (Å²) in [5.41, 5.74) is 0. The number of aliphatic hydroxyl groups excluding tert-OH is 4. The third-order valence-electron chi connectivity index (χ3n) is 3.39. The zero-order valence-electron chi connectivity index (χ0n) is 13.0. The fourth-order valence-corrected chi connectivity index (χ4v) is 3.76. The smallest absolute Gasteiger partial charge is 0.347 e. The van der Waals surface area contributed by atoms with Gasteiger partial charge in [0.2, 0.25) is 0 Å². The summed E-state index contributed by atoms with van der Waals surface area (Å²) in [5.74, 6) is -0.825. The molecule has 132 valence electrons. The topological polar surface area (TPSA) is 138 Å². The lowest BCUT2D eigenvalue weighted by Crippen LogP contribution is -2.63. The monoisotopic (exact) mass is 343 g/mol. The van der Waals surface area contributed by atoms with Gasteiger partial charge in [-0.15, -0.1) is 0 Å². The second-order valence-corrected chi connectivity index (χ2v) is 7.34. The van der Waals surface area contributed by atoms with E-state index in [1.54, 1.807) is 13.8 Å². The number of hydrogen-bond donors (Lipinski definition) is 5. The quantitative estimate of drug-likeness (QED) is 0.351. The fraction of sp³-hybridized carbons (Fsp3) is 1.00. The summed E-state index contributed by atoms with van der Waals surface area (Å²) in [6, 6.07) is 0. The molecule has 1 heterocycles. The lowest BCUT2D eigenvalue weighted by molar-refractivity contribution is -0.237. The van der Waals surface area contributed by atoms with Crippen molar-refractivity contribution in [3.05, 3.63) is 0 Å². The first kappa shape index (κ1) is 20.0. The molecule has 22 heavy (non-hydrogen) atoms. The molecule has 1 aliphatic rings. The van der Waals surface area contributed by atoms with Gasteiger partial charge >= 0.3 is 7.60 Å². The Balaban J connectivity index is 2.80. The second-order valence-electron chi connectivity index (χ2n) is 4.97. The Morgan fingerprint density at radius 1 is 1.14 bits per heavy atom. The van der Waals surface area contributed by atoms with Crippen LogP contribution in [0.25, 0.3) is 0 Å². The molecule has 0 aromatic carbocycles. The molecule has 0 aromatic rings. The SMILES string of the molecule is CCOP(=O)(OCC)C(C)N[C@@H]1O[C@H](CO)[C@H](O)[C@H](O)[C@H]1O. The molecule has 0 spiro atoms. The predicted octanol–water partition coefficient (Wildman–Crippen LogP) is -1.01. The fourth-order valence-electron chi connectivity index (χ4n) is 2.19. The number of hydrogen-bond acceptors (Lipinski definition) is 9. The molecule has 0 aliphatic carbocycles. The van der Waals surface area contributed by atoms with Crippen LogP contribution in [0, 0.1) is 0 Å². The molecule has 0 radical (unpaired) electrons. The second kappa shape index (κ2) is 8.68. The van der Waals surface area contributed by atoms with Crippen LogP contribution < -0.4 is 5.32 Å². The number of ether oxygens (including phenoxy) is 1. The molecule has 1 rings (SSSR count). The Morgan fingerprint density at radius 2 is 1.68 bits per heavy atom. The Hall–Kier alpha value is -0.0900. The van der Waals surface area contributed by atoms with Crippen molar-refractivity contribution in [2.75, 3.05) is 19.8 Å². The van der Waals surface area contributed by atoms with Crippen LogP contribution in [0.2, 0.25) is 0 Å². The molecule has 0 bridgehead atoms. The summed E-state index contributed by atoms with van der Waals surface area (Å²) in [7, 11) is -3.48. The van der Waals surface area contributed by atoms with Gasteiger partial charge in [0.1, 0.15) is 36.4 Å². The van der Waals surface area contributed by atoms with Crippen molar-refractivity contribution in [3.63, 3.8) is 0 Å². The highest BCUT2D eigenvalue weighted by molar-refractivity contribution is 7.54.